The zero-order valence-electron chi connectivity index (χ0n) is 12.7. The average molecular weight is 349 g/mol. The molecule has 0 bridgehead atoms. The van der Waals surface area contributed by atoms with Gasteiger partial charge in [0.15, 0.2) is 0 Å². The number of hydrogen-bond donors (Lipinski definition) is 1. The molecule has 1 heterocycles. The molecule has 0 aliphatic carbocycles. The van der Waals surface area contributed by atoms with Crippen LogP contribution in [0.25, 0.3) is 0 Å². The standard InChI is InChI=1S/C17H17ClN2O2S/c1-3-10-20(11-15-8-9-16(18)23-15)17(22)13-4-6-14(7-5-13)19-12(2)21/h3-9H,1,10-11H2,2H3,(H,19,21). The van der Waals surface area contributed by atoms with Crippen LogP contribution in [-0.4, -0.2) is 23.3 Å². The van der Waals surface area contributed by atoms with Crippen LogP contribution >= 0.6 is 22.9 Å². The molecular formula is C17H17ClN2O2S. The van der Waals surface area contributed by atoms with Crippen molar-refractivity contribution in [1.82, 2.24) is 4.90 Å². The van der Waals surface area contributed by atoms with E-state index < -0.39 is 0 Å². The fourth-order valence-electron chi connectivity index (χ4n) is 2.08. The normalized spacial score (nSPS) is 10.2. The molecule has 2 aromatic rings. The lowest BCUT2D eigenvalue weighted by Gasteiger charge is -2.20. The van der Waals surface area contributed by atoms with Crippen LogP contribution in [0, 0.1) is 0 Å². The van der Waals surface area contributed by atoms with Crippen molar-refractivity contribution in [1.29, 1.82) is 0 Å². The number of amides is 2. The van der Waals surface area contributed by atoms with Crippen molar-refractivity contribution in [2.45, 2.75) is 13.5 Å². The highest BCUT2D eigenvalue weighted by molar-refractivity contribution is 7.16. The number of thiophene rings is 1. The fraction of sp³-hybridized carbons (Fsp3) is 0.176. The Morgan fingerprint density at radius 1 is 1.26 bits per heavy atom. The van der Waals surface area contributed by atoms with Crippen LogP contribution < -0.4 is 5.32 Å². The Morgan fingerprint density at radius 3 is 2.48 bits per heavy atom. The second-order valence-electron chi connectivity index (χ2n) is 4.94. The van der Waals surface area contributed by atoms with Crippen LogP contribution in [0.1, 0.15) is 22.2 Å². The Balaban J connectivity index is 2.13. The highest BCUT2D eigenvalue weighted by atomic mass is 35.5. The SMILES string of the molecule is C=CCN(Cc1ccc(Cl)s1)C(=O)c1ccc(NC(C)=O)cc1. The summed E-state index contributed by atoms with van der Waals surface area (Å²) in [6, 6.07) is 10.6. The summed E-state index contributed by atoms with van der Waals surface area (Å²) in [4.78, 5) is 26.4. The van der Waals surface area contributed by atoms with Gasteiger partial charge in [0, 0.05) is 29.6 Å². The van der Waals surface area contributed by atoms with Crippen LogP contribution in [0.5, 0.6) is 0 Å². The van der Waals surface area contributed by atoms with E-state index in [9.17, 15) is 9.59 Å². The first-order chi connectivity index (χ1) is 11.0. The number of carbonyl (C=O) groups excluding carboxylic acids is 2. The molecular weight excluding hydrogens is 332 g/mol. The first-order valence-corrected chi connectivity index (χ1v) is 8.21. The maximum absolute atomic E-state index is 12.6. The summed E-state index contributed by atoms with van der Waals surface area (Å²) in [5, 5.41) is 2.67. The monoisotopic (exact) mass is 348 g/mol. The van der Waals surface area contributed by atoms with E-state index in [4.69, 9.17) is 11.6 Å². The van der Waals surface area contributed by atoms with Gasteiger partial charge < -0.3 is 10.2 Å². The van der Waals surface area contributed by atoms with E-state index in [0.717, 1.165) is 4.88 Å². The van der Waals surface area contributed by atoms with Gasteiger partial charge in [0.25, 0.3) is 5.91 Å². The highest BCUT2D eigenvalue weighted by Gasteiger charge is 2.16. The van der Waals surface area contributed by atoms with E-state index in [-0.39, 0.29) is 11.8 Å². The first-order valence-electron chi connectivity index (χ1n) is 7.01. The van der Waals surface area contributed by atoms with E-state index in [1.165, 1.54) is 18.3 Å². The summed E-state index contributed by atoms with van der Waals surface area (Å²) in [7, 11) is 0. The minimum absolute atomic E-state index is 0.0937. The molecule has 0 saturated heterocycles. The third kappa shape index (κ3) is 4.94. The lowest BCUT2D eigenvalue weighted by atomic mass is 10.1. The Labute approximate surface area is 144 Å². The van der Waals surface area contributed by atoms with Crippen molar-refractivity contribution >= 4 is 40.4 Å². The molecule has 0 aliphatic heterocycles. The second-order valence-corrected chi connectivity index (χ2v) is 6.74. The maximum Gasteiger partial charge on any atom is 0.254 e. The molecule has 0 atom stereocenters. The van der Waals surface area contributed by atoms with Gasteiger partial charge in [0.05, 0.1) is 10.9 Å². The zero-order chi connectivity index (χ0) is 16.8. The van der Waals surface area contributed by atoms with Gasteiger partial charge in [0.2, 0.25) is 5.91 Å². The Bertz CT molecular complexity index is 710. The molecule has 1 aromatic carbocycles. The number of anilines is 1. The molecule has 0 fully saturated rings. The molecule has 4 nitrogen and oxygen atoms in total. The molecule has 0 spiro atoms. The van der Waals surface area contributed by atoms with Crippen molar-refractivity contribution in [2.24, 2.45) is 0 Å². The number of benzene rings is 1. The van der Waals surface area contributed by atoms with Gasteiger partial charge in [-0.25, -0.2) is 0 Å². The van der Waals surface area contributed by atoms with Gasteiger partial charge in [0.1, 0.15) is 0 Å². The predicted molar refractivity (Wildman–Crippen MR) is 95.0 cm³/mol. The zero-order valence-corrected chi connectivity index (χ0v) is 14.3. The lowest BCUT2D eigenvalue weighted by molar-refractivity contribution is -0.114. The number of hydrogen-bond acceptors (Lipinski definition) is 3. The van der Waals surface area contributed by atoms with Crippen molar-refractivity contribution in [3.63, 3.8) is 0 Å². The largest absolute Gasteiger partial charge is 0.330 e. The molecule has 0 saturated carbocycles. The van der Waals surface area contributed by atoms with Gasteiger partial charge in [-0.3, -0.25) is 9.59 Å². The topological polar surface area (TPSA) is 49.4 Å². The third-order valence-electron chi connectivity index (χ3n) is 3.06. The van der Waals surface area contributed by atoms with Crippen LogP contribution in [0.2, 0.25) is 4.34 Å². The molecule has 1 aromatic heterocycles. The highest BCUT2D eigenvalue weighted by Crippen LogP contribution is 2.23. The Kier molecular flexibility index (Phi) is 5.96. The minimum Gasteiger partial charge on any atom is -0.330 e. The summed E-state index contributed by atoms with van der Waals surface area (Å²) in [6.07, 6.45) is 1.69. The van der Waals surface area contributed by atoms with Gasteiger partial charge in [-0.05, 0) is 36.4 Å². The van der Waals surface area contributed by atoms with E-state index in [0.29, 0.717) is 28.7 Å². The molecule has 0 aliphatic rings. The van der Waals surface area contributed by atoms with Crippen LogP contribution in [-0.2, 0) is 11.3 Å². The van der Waals surface area contributed by atoms with Gasteiger partial charge in [-0.15, -0.1) is 17.9 Å². The quantitative estimate of drug-likeness (QED) is 0.796. The van der Waals surface area contributed by atoms with E-state index in [1.54, 1.807) is 35.2 Å². The smallest absolute Gasteiger partial charge is 0.254 e. The van der Waals surface area contributed by atoms with E-state index in [1.807, 2.05) is 12.1 Å². The number of rotatable bonds is 6. The average Bonchev–Trinajstić information content (AvgIpc) is 2.91. The molecule has 6 heteroatoms. The van der Waals surface area contributed by atoms with Gasteiger partial charge in [-0.2, -0.15) is 0 Å². The summed E-state index contributed by atoms with van der Waals surface area (Å²) in [6.45, 7) is 6.08. The predicted octanol–water partition coefficient (Wildman–Crippen LogP) is 4.19. The van der Waals surface area contributed by atoms with E-state index in [2.05, 4.69) is 11.9 Å². The van der Waals surface area contributed by atoms with Crippen molar-refractivity contribution in [3.8, 4) is 0 Å². The molecule has 2 rings (SSSR count). The summed E-state index contributed by atoms with van der Waals surface area (Å²) in [5.74, 6) is -0.240. The van der Waals surface area contributed by atoms with Crippen molar-refractivity contribution in [2.75, 3.05) is 11.9 Å². The van der Waals surface area contributed by atoms with Crippen molar-refractivity contribution in [3.05, 3.63) is 63.8 Å². The second kappa shape index (κ2) is 7.94. The van der Waals surface area contributed by atoms with Crippen molar-refractivity contribution < 1.29 is 9.59 Å². The minimum atomic E-state index is -0.146. The number of nitrogens with zero attached hydrogens (tertiary/aromatic N) is 1. The number of halogens is 1. The maximum atomic E-state index is 12.6. The molecule has 0 unspecified atom stereocenters. The molecule has 2 amide bonds. The third-order valence-corrected chi connectivity index (χ3v) is 4.28. The Morgan fingerprint density at radius 2 is 1.96 bits per heavy atom. The molecule has 0 radical (unpaired) electrons. The van der Waals surface area contributed by atoms with Crippen LogP contribution in [0.4, 0.5) is 5.69 Å². The molecule has 1 N–H and O–H groups in total. The van der Waals surface area contributed by atoms with Crippen LogP contribution in [0.3, 0.4) is 0 Å². The number of nitrogens with one attached hydrogen (secondary N) is 1. The molecule has 23 heavy (non-hydrogen) atoms. The summed E-state index contributed by atoms with van der Waals surface area (Å²) < 4.78 is 0.700. The summed E-state index contributed by atoms with van der Waals surface area (Å²) >= 11 is 7.39. The Hall–Kier alpha value is -2.11. The van der Waals surface area contributed by atoms with Crippen LogP contribution in [0.15, 0.2) is 49.1 Å². The lowest BCUT2D eigenvalue weighted by Crippen LogP contribution is -2.30. The van der Waals surface area contributed by atoms with E-state index >= 15 is 0 Å². The fourth-order valence-corrected chi connectivity index (χ4v) is 3.19. The van der Waals surface area contributed by atoms with Gasteiger partial charge >= 0.3 is 0 Å². The summed E-state index contributed by atoms with van der Waals surface area (Å²) in [5.41, 5.74) is 1.22. The first kappa shape index (κ1) is 17.2. The molecule has 120 valence electrons. The van der Waals surface area contributed by atoms with Gasteiger partial charge in [-0.1, -0.05) is 17.7 Å². The number of carbonyl (C=O) groups is 2.